The second-order valence-corrected chi connectivity index (χ2v) is 4.35. The second-order valence-electron chi connectivity index (χ2n) is 3.30. The second kappa shape index (κ2) is 3.16. The number of ether oxygens (including phenoxy) is 1. The van der Waals surface area contributed by atoms with Crippen LogP contribution in [0, 0.1) is 0 Å². The minimum absolute atomic E-state index is 0.0123. The molecular formula is C9H12N2O2S. The first-order valence-electron chi connectivity index (χ1n) is 4.38. The maximum Gasteiger partial charge on any atom is 0.173 e. The van der Waals surface area contributed by atoms with E-state index in [-0.39, 0.29) is 5.78 Å². The molecule has 0 fully saturated rings. The third-order valence-electron chi connectivity index (χ3n) is 2.24. The van der Waals surface area contributed by atoms with Crippen molar-refractivity contribution in [3.63, 3.8) is 0 Å². The third-order valence-corrected chi connectivity index (χ3v) is 3.33. The van der Waals surface area contributed by atoms with E-state index in [0.29, 0.717) is 22.2 Å². The van der Waals surface area contributed by atoms with E-state index in [2.05, 4.69) is 0 Å². The topological polar surface area (TPSA) is 55.6 Å². The number of likely N-dealkylation sites (N-methyl/N-ethyl adjacent to an activating group) is 1. The molecule has 0 atom stereocenters. The summed E-state index contributed by atoms with van der Waals surface area (Å²) in [5.74, 6) is 0.673. The van der Waals surface area contributed by atoms with Gasteiger partial charge in [0.2, 0.25) is 0 Å². The van der Waals surface area contributed by atoms with Crippen LogP contribution in [-0.2, 0) is 0 Å². The molecule has 0 unspecified atom stereocenters. The fourth-order valence-electron chi connectivity index (χ4n) is 1.55. The zero-order valence-corrected chi connectivity index (χ0v) is 8.98. The molecule has 0 aromatic carbocycles. The van der Waals surface area contributed by atoms with E-state index in [9.17, 15) is 4.79 Å². The molecule has 0 saturated heterocycles. The van der Waals surface area contributed by atoms with Gasteiger partial charge in [0.1, 0.15) is 22.2 Å². The van der Waals surface area contributed by atoms with Gasteiger partial charge in [0, 0.05) is 14.0 Å². The van der Waals surface area contributed by atoms with E-state index in [1.807, 2.05) is 11.9 Å². The van der Waals surface area contributed by atoms with E-state index in [1.165, 1.54) is 18.3 Å². The van der Waals surface area contributed by atoms with E-state index < -0.39 is 0 Å². The van der Waals surface area contributed by atoms with Gasteiger partial charge in [-0.05, 0) is 0 Å². The molecule has 0 bridgehead atoms. The Kier molecular flexibility index (Phi) is 2.11. The van der Waals surface area contributed by atoms with E-state index >= 15 is 0 Å². The molecule has 1 aromatic heterocycles. The van der Waals surface area contributed by atoms with Gasteiger partial charge in [-0.2, -0.15) is 0 Å². The average molecular weight is 212 g/mol. The molecule has 14 heavy (non-hydrogen) atoms. The van der Waals surface area contributed by atoms with Crippen molar-refractivity contribution in [3.8, 4) is 5.75 Å². The van der Waals surface area contributed by atoms with Crippen LogP contribution in [0.4, 0.5) is 10.7 Å². The summed E-state index contributed by atoms with van der Waals surface area (Å²) < 4.78 is 5.48. The fourth-order valence-corrected chi connectivity index (χ4v) is 2.50. The van der Waals surface area contributed by atoms with E-state index in [4.69, 9.17) is 10.5 Å². The van der Waals surface area contributed by atoms with Gasteiger partial charge in [-0.1, -0.05) is 0 Å². The first-order valence-corrected chi connectivity index (χ1v) is 5.20. The molecule has 76 valence electrons. The van der Waals surface area contributed by atoms with Gasteiger partial charge < -0.3 is 15.4 Å². The normalized spacial score (nSPS) is 14.9. The highest BCUT2D eigenvalue weighted by Crippen LogP contribution is 2.45. The number of nitrogens with zero attached hydrogens (tertiary/aromatic N) is 1. The predicted molar refractivity (Wildman–Crippen MR) is 57.5 cm³/mol. The molecule has 0 radical (unpaired) electrons. The van der Waals surface area contributed by atoms with Crippen LogP contribution in [0.5, 0.6) is 5.75 Å². The van der Waals surface area contributed by atoms with Crippen molar-refractivity contribution < 1.29 is 9.53 Å². The Hall–Kier alpha value is -1.23. The van der Waals surface area contributed by atoms with Crippen LogP contribution >= 0.6 is 11.3 Å². The highest BCUT2D eigenvalue weighted by molar-refractivity contribution is 7.19. The van der Waals surface area contributed by atoms with Crippen LogP contribution < -0.4 is 15.4 Å². The summed E-state index contributed by atoms with van der Waals surface area (Å²) in [5.41, 5.74) is 6.70. The first kappa shape index (κ1) is 9.33. The van der Waals surface area contributed by atoms with Crippen LogP contribution in [0.2, 0.25) is 0 Å². The molecule has 0 saturated carbocycles. The van der Waals surface area contributed by atoms with Crippen LogP contribution in [0.3, 0.4) is 0 Å². The first-order chi connectivity index (χ1) is 6.61. The lowest BCUT2D eigenvalue weighted by Crippen LogP contribution is -2.28. The summed E-state index contributed by atoms with van der Waals surface area (Å²) in [6, 6.07) is 0. The Morgan fingerprint density at radius 3 is 3.00 bits per heavy atom. The maximum absolute atomic E-state index is 11.3. The lowest BCUT2D eigenvalue weighted by molar-refractivity contribution is 0.101. The minimum atomic E-state index is 0.0123. The van der Waals surface area contributed by atoms with Crippen molar-refractivity contribution in [2.75, 3.05) is 30.8 Å². The SMILES string of the molecule is CC(=O)c1sc(N)c2c1OCCN2C. The highest BCUT2D eigenvalue weighted by atomic mass is 32.1. The molecule has 5 heteroatoms. The number of anilines is 2. The summed E-state index contributed by atoms with van der Waals surface area (Å²) in [4.78, 5) is 13.9. The van der Waals surface area contributed by atoms with Gasteiger partial charge in [-0.25, -0.2) is 0 Å². The number of fused-ring (bicyclic) bond motifs is 1. The molecule has 4 nitrogen and oxygen atoms in total. The molecule has 1 aliphatic heterocycles. The number of thiophene rings is 1. The summed E-state index contributed by atoms with van der Waals surface area (Å²) in [6.45, 7) is 2.95. The quantitative estimate of drug-likeness (QED) is 0.714. The molecule has 0 amide bonds. The molecule has 2 rings (SSSR count). The number of hydrogen-bond acceptors (Lipinski definition) is 5. The highest BCUT2D eigenvalue weighted by Gasteiger charge is 2.26. The summed E-state index contributed by atoms with van der Waals surface area (Å²) in [7, 11) is 1.95. The molecule has 2 heterocycles. The number of hydrogen-bond donors (Lipinski definition) is 1. The molecule has 0 spiro atoms. The van der Waals surface area contributed by atoms with Crippen molar-refractivity contribution in [3.05, 3.63) is 4.88 Å². The van der Waals surface area contributed by atoms with Gasteiger partial charge in [0.15, 0.2) is 11.5 Å². The van der Waals surface area contributed by atoms with Crippen molar-refractivity contribution >= 4 is 27.8 Å². The molecule has 1 aliphatic rings. The van der Waals surface area contributed by atoms with Crippen molar-refractivity contribution in [2.45, 2.75) is 6.92 Å². The van der Waals surface area contributed by atoms with Crippen molar-refractivity contribution in [1.29, 1.82) is 0 Å². The lowest BCUT2D eigenvalue weighted by atomic mass is 10.2. The molecular weight excluding hydrogens is 200 g/mol. The van der Waals surface area contributed by atoms with Crippen LogP contribution in [0.25, 0.3) is 0 Å². The number of nitrogens with two attached hydrogens (primary N) is 1. The van der Waals surface area contributed by atoms with Gasteiger partial charge in [0.25, 0.3) is 0 Å². The van der Waals surface area contributed by atoms with Gasteiger partial charge in [-0.15, -0.1) is 11.3 Å². The van der Waals surface area contributed by atoms with Crippen LogP contribution in [0.15, 0.2) is 0 Å². The number of carbonyl (C=O) groups is 1. The average Bonchev–Trinajstić information content (AvgIpc) is 2.45. The standard InChI is InChI=1S/C9H12N2O2S/c1-5(12)8-7-6(9(10)14-8)11(2)3-4-13-7/h3-4,10H2,1-2H3. The van der Waals surface area contributed by atoms with E-state index in [1.54, 1.807) is 0 Å². The van der Waals surface area contributed by atoms with Crippen molar-refractivity contribution in [1.82, 2.24) is 0 Å². The Balaban J connectivity index is 2.57. The van der Waals surface area contributed by atoms with E-state index in [0.717, 1.165) is 12.2 Å². The molecule has 0 aliphatic carbocycles. The summed E-state index contributed by atoms with van der Waals surface area (Å²) >= 11 is 1.30. The smallest absolute Gasteiger partial charge is 0.173 e. The molecule has 1 aromatic rings. The number of nitrogen functional groups attached to an aromatic ring is 1. The van der Waals surface area contributed by atoms with Crippen LogP contribution in [-0.4, -0.2) is 26.0 Å². The van der Waals surface area contributed by atoms with Crippen molar-refractivity contribution in [2.24, 2.45) is 0 Å². The zero-order chi connectivity index (χ0) is 10.3. The fraction of sp³-hybridized carbons (Fsp3) is 0.444. The van der Waals surface area contributed by atoms with Gasteiger partial charge in [0.05, 0.1) is 6.54 Å². The Bertz CT molecular complexity index is 386. The lowest BCUT2D eigenvalue weighted by Gasteiger charge is -2.25. The van der Waals surface area contributed by atoms with Gasteiger partial charge in [-0.3, -0.25) is 4.79 Å². The number of Topliss-reactive ketones (excluding diaryl/α,β-unsaturated/α-hetero) is 1. The Morgan fingerprint density at radius 2 is 2.36 bits per heavy atom. The maximum atomic E-state index is 11.3. The molecule has 2 N–H and O–H groups in total. The summed E-state index contributed by atoms with van der Waals surface area (Å²) in [5, 5.41) is 0.660. The predicted octanol–water partition coefficient (Wildman–Crippen LogP) is 1.36. The number of ketones is 1. The number of rotatable bonds is 1. The Labute approximate surface area is 86.3 Å². The Morgan fingerprint density at radius 1 is 1.64 bits per heavy atom. The summed E-state index contributed by atoms with van der Waals surface area (Å²) in [6.07, 6.45) is 0. The zero-order valence-electron chi connectivity index (χ0n) is 8.16. The largest absolute Gasteiger partial charge is 0.488 e. The minimum Gasteiger partial charge on any atom is -0.488 e. The number of carbonyl (C=O) groups excluding carboxylic acids is 1. The monoisotopic (exact) mass is 212 g/mol. The van der Waals surface area contributed by atoms with Crippen LogP contribution in [0.1, 0.15) is 16.6 Å². The third kappa shape index (κ3) is 1.24. The van der Waals surface area contributed by atoms with Gasteiger partial charge >= 0.3 is 0 Å².